The minimum Gasteiger partial charge on any atom is -0.299 e. The van der Waals surface area contributed by atoms with Crippen molar-refractivity contribution in [3.05, 3.63) is 58.7 Å². The van der Waals surface area contributed by atoms with Crippen molar-refractivity contribution in [1.82, 2.24) is 0 Å². The number of carbonyl (C=O) groups is 2. The van der Waals surface area contributed by atoms with Crippen LogP contribution in [0.15, 0.2) is 58.7 Å². The highest BCUT2D eigenvalue weighted by Crippen LogP contribution is 2.40. The van der Waals surface area contributed by atoms with Gasteiger partial charge in [-0.1, -0.05) is 76.1 Å². The second-order valence-electron chi connectivity index (χ2n) is 9.64. The SMILES string of the molecule is CC(=O)C(C)(C)C.CC1=C(/C=C/C(C)=C/C=C/C(C)=C/C(=O)OO)C(C)(C)CCC1. The average molecular weight is 417 g/mol. The third kappa shape index (κ3) is 11.1. The monoisotopic (exact) mass is 416 g/mol. The molecule has 0 fully saturated rings. The fourth-order valence-corrected chi connectivity index (χ4v) is 2.89. The Balaban J connectivity index is 0.00000103. The Morgan fingerprint density at radius 3 is 2.10 bits per heavy atom. The molecule has 0 aromatic heterocycles. The van der Waals surface area contributed by atoms with Gasteiger partial charge in [0.2, 0.25) is 0 Å². The summed E-state index contributed by atoms with van der Waals surface area (Å²) in [4.78, 5) is 24.9. The van der Waals surface area contributed by atoms with Gasteiger partial charge in [-0.05, 0) is 63.5 Å². The first-order chi connectivity index (χ1) is 13.7. The van der Waals surface area contributed by atoms with Crippen LogP contribution in [-0.2, 0) is 14.5 Å². The van der Waals surface area contributed by atoms with E-state index in [1.54, 1.807) is 19.9 Å². The Labute approximate surface area is 183 Å². The maximum absolute atomic E-state index is 10.9. The zero-order valence-corrected chi connectivity index (χ0v) is 20.3. The quantitative estimate of drug-likeness (QED) is 0.223. The Morgan fingerprint density at radius 2 is 1.63 bits per heavy atom. The molecule has 1 aliphatic carbocycles. The molecular weight excluding hydrogens is 376 g/mol. The van der Waals surface area contributed by atoms with E-state index in [9.17, 15) is 9.59 Å². The summed E-state index contributed by atoms with van der Waals surface area (Å²) in [7, 11) is 0. The molecule has 0 amide bonds. The predicted molar refractivity (Wildman–Crippen MR) is 125 cm³/mol. The molecule has 0 atom stereocenters. The molecule has 0 radical (unpaired) electrons. The maximum atomic E-state index is 10.9. The van der Waals surface area contributed by atoms with Crippen LogP contribution in [0.3, 0.4) is 0 Å². The van der Waals surface area contributed by atoms with Crippen LogP contribution in [0.4, 0.5) is 0 Å². The van der Waals surface area contributed by atoms with Crippen molar-refractivity contribution in [1.29, 1.82) is 0 Å². The molecule has 0 aromatic carbocycles. The summed E-state index contributed by atoms with van der Waals surface area (Å²) in [6, 6.07) is 0. The fourth-order valence-electron chi connectivity index (χ4n) is 2.89. The molecule has 0 heterocycles. The van der Waals surface area contributed by atoms with E-state index in [0.29, 0.717) is 5.57 Å². The van der Waals surface area contributed by atoms with Crippen LogP contribution < -0.4 is 0 Å². The minimum atomic E-state index is -0.769. The van der Waals surface area contributed by atoms with E-state index in [2.05, 4.69) is 37.8 Å². The maximum Gasteiger partial charge on any atom is 0.365 e. The van der Waals surface area contributed by atoms with Crippen LogP contribution in [0.5, 0.6) is 0 Å². The Bertz CT molecular complexity index is 750. The van der Waals surface area contributed by atoms with E-state index in [1.807, 2.05) is 39.8 Å². The van der Waals surface area contributed by atoms with Crippen LogP contribution in [0.1, 0.15) is 81.6 Å². The summed E-state index contributed by atoms with van der Waals surface area (Å²) >= 11 is 0. The molecular formula is C26H40O4. The van der Waals surface area contributed by atoms with Crippen LogP contribution in [0, 0.1) is 10.8 Å². The van der Waals surface area contributed by atoms with Gasteiger partial charge < -0.3 is 0 Å². The number of carbonyl (C=O) groups excluding carboxylic acids is 2. The van der Waals surface area contributed by atoms with Gasteiger partial charge in [-0.25, -0.2) is 4.79 Å². The van der Waals surface area contributed by atoms with Gasteiger partial charge in [0.05, 0.1) is 0 Å². The van der Waals surface area contributed by atoms with Gasteiger partial charge in [0.1, 0.15) is 5.78 Å². The van der Waals surface area contributed by atoms with E-state index in [0.717, 1.165) is 5.57 Å². The highest BCUT2D eigenvalue weighted by atomic mass is 17.1. The molecule has 0 saturated heterocycles. The summed E-state index contributed by atoms with van der Waals surface area (Å²) in [6.45, 7) is 18.0. The van der Waals surface area contributed by atoms with Gasteiger partial charge in [-0.3, -0.25) is 9.68 Å². The number of hydrogen-bond acceptors (Lipinski definition) is 4. The smallest absolute Gasteiger partial charge is 0.299 e. The average Bonchev–Trinajstić information content (AvgIpc) is 2.60. The van der Waals surface area contributed by atoms with Gasteiger partial charge in [0, 0.05) is 11.5 Å². The summed E-state index contributed by atoms with van der Waals surface area (Å²) in [5.41, 5.74) is 4.90. The standard InChI is InChI=1S/C20H28O3.C6H12O/c1-15(8-6-9-16(2)14-19(21)23-22)11-12-18-17(3)10-7-13-20(18,4)5;1-5(7)6(2,3)4/h6,8-9,11-12,14,22H,7,10,13H2,1-5H3;1-4H3/b9-6+,12-11+,15-8+,16-14+;. The lowest BCUT2D eigenvalue weighted by Gasteiger charge is -2.32. The van der Waals surface area contributed by atoms with Gasteiger partial charge in [0.15, 0.2) is 0 Å². The van der Waals surface area contributed by atoms with Crippen LogP contribution in [0.2, 0.25) is 0 Å². The van der Waals surface area contributed by atoms with Crippen molar-refractivity contribution in [3.8, 4) is 0 Å². The normalized spacial score (nSPS) is 17.8. The second kappa shape index (κ2) is 12.5. The minimum absolute atomic E-state index is 0.139. The van der Waals surface area contributed by atoms with Gasteiger partial charge in [-0.2, -0.15) is 5.26 Å². The van der Waals surface area contributed by atoms with Gasteiger partial charge in [0.25, 0.3) is 0 Å². The predicted octanol–water partition coefficient (Wildman–Crippen LogP) is 7.16. The molecule has 0 aliphatic heterocycles. The molecule has 0 spiro atoms. The third-order valence-corrected chi connectivity index (χ3v) is 5.27. The molecule has 0 unspecified atom stereocenters. The second-order valence-corrected chi connectivity index (χ2v) is 9.64. The van der Waals surface area contributed by atoms with Gasteiger partial charge in [-0.15, -0.1) is 0 Å². The molecule has 0 aromatic rings. The van der Waals surface area contributed by atoms with Crippen molar-refractivity contribution in [2.45, 2.75) is 81.6 Å². The molecule has 4 heteroatoms. The molecule has 1 N–H and O–H groups in total. The van der Waals surface area contributed by atoms with E-state index in [1.165, 1.54) is 36.5 Å². The molecule has 1 aliphatic rings. The first-order valence-electron chi connectivity index (χ1n) is 10.5. The highest BCUT2D eigenvalue weighted by Gasteiger charge is 2.26. The number of Topliss-reactive ketones (excluding diaryl/α,β-unsaturated/α-hetero) is 1. The lowest BCUT2D eigenvalue weighted by atomic mass is 9.72. The molecule has 168 valence electrons. The van der Waals surface area contributed by atoms with E-state index in [-0.39, 0.29) is 16.6 Å². The lowest BCUT2D eigenvalue weighted by Crippen LogP contribution is -2.19. The van der Waals surface area contributed by atoms with Gasteiger partial charge >= 0.3 is 5.97 Å². The fraction of sp³-hybridized carbons (Fsp3) is 0.538. The van der Waals surface area contributed by atoms with E-state index in [4.69, 9.17) is 5.26 Å². The summed E-state index contributed by atoms with van der Waals surface area (Å²) in [5.74, 6) is -0.526. The lowest BCUT2D eigenvalue weighted by molar-refractivity contribution is -0.228. The topological polar surface area (TPSA) is 63.6 Å². The molecule has 4 nitrogen and oxygen atoms in total. The number of ketones is 1. The number of allylic oxidation sites excluding steroid dienone is 9. The number of hydrogen-bond donors (Lipinski definition) is 1. The third-order valence-electron chi connectivity index (χ3n) is 5.27. The van der Waals surface area contributed by atoms with Crippen molar-refractivity contribution in [3.63, 3.8) is 0 Å². The molecule has 0 saturated carbocycles. The van der Waals surface area contributed by atoms with Crippen molar-refractivity contribution >= 4 is 11.8 Å². The first kappa shape index (κ1) is 27.8. The zero-order valence-electron chi connectivity index (χ0n) is 20.3. The summed E-state index contributed by atoms with van der Waals surface area (Å²) in [6.07, 6.45) is 15.0. The van der Waals surface area contributed by atoms with Crippen LogP contribution >= 0.6 is 0 Å². The molecule has 1 rings (SSSR count). The summed E-state index contributed by atoms with van der Waals surface area (Å²) < 4.78 is 0. The van der Waals surface area contributed by atoms with Crippen molar-refractivity contribution in [2.75, 3.05) is 0 Å². The Kier molecular flexibility index (Phi) is 11.6. The first-order valence-corrected chi connectivity index (χ1v) is 10.5. The largest absolute Gasteiger partial charge is 0.365 e. The summed E-state index contributed by atoms with van der Waals surface area (Å²) in [5, 5.41) is 8.21. The highest BCUT2D eigenvalue weighted by molar-refractivity contribution is 5.82. The van der Waals surface area contributed by atoms with Crippen molar-refractivity contribution < 1.29 is 19.7 Å². The van der Waals surface area contributed by atoms with Crippen molar-refractivity contribution in [2.24, 2.45) is 10.8 Å². The van der Waals surface area contributed by atoms with Crippen LogP contribution in [-0.4, -0.2) is 17.0 Å². The van der Waals surface area contributed by atoms with Crippen LogP contribution in [0.25, 0.3) is 0 Å². The number of rotatable bonds is 5. The van der Waals surface area contributed by atoms with E-state index < -0.39 is 5.97 Å². The molecule has 30 heavy (non-hydrogen) atoms. The molecule has 0 bridgehead atoms. The Hall–Kier alpha value is -2.20. The van der Waals surface area contributed by atoms with E-state index >= 15 is 0 Å². The Morgan fingerprint density at radius 1 is 1.07 bits per heavy atom. The zero-order chi connectivity index (χ0) is 23.5.